The molecule has 0 aliphatic heterocycles. The van der Waals surface area contributed by atoms with Gasteiger partial charge in [-0.3, -0.25) is 4.79 Å². The maximum Gasteiger partial charge on any atom is 0.460 e. The number of nitrogens with one attached hydrogen (secondary N) is 1. The molecule has 0 bridgehead atoms. The standard InChI is InChI=1S/C15H4F27NO4S/c16-3(17,4(18,19)6(22,23)8(26,27)10(30,31)12(34,35)14(38,39)40)5(20,21)7(24,25)9(28,29)11(32,33)13(36,37)15(41,42)48(46,47)43-1-2(44)45/h43H,1H2,(H,44,45). The fourth-order valence-corrected chi connectivity index (χ4v) is 3.51. The Morgan fingerprint density at radius 1 is 0.396 bits per heavy atom. The summed E-state index contributed by atoms with van der Waals surface area (Å²) >= 11 is 0. The van der Waals surface area contributed by atoms with Gasteiger partial charge in [-0.2, -0.15) is 123 Å². The van der Waals surface area contributed by atoms with Crippen LogP contribution >= 0.6 is 0 Å². The Bertz CT molecular complexity index is 1330. The van der Waals surface area contributed by atoms with Crippen molar-refractivity contribution >= 4 is 16.0 Å². The molecule has 288 valence electrons. The highest BCUT2D eigenvalue weighted by Gasteiger charge is 3.00. The molecular formula is C15H4F27NO4S. The third-order valence-electron chi connectivity index (χ3n) is 5.42. The first-order valence-electron chi connectivity index (χ1n) is 9.98. The highest BCUT2D eigenvalue weighted by molar-refractivity contribution is 7.90. The second kappa shape index (κ2) is 11.2. The fraction of sp³-hybridized carbons (Fsp3) is 0.933. The van der Waals surface area contributed by atoms with Gasteiger partial charge in [-0.15, -0.1) is 0 Å². The number of hydrogen-bond acceptors (Lipinski definition) is 3. The number of rotatable bonds is 15. The van der Waals surface area contributed by atoms with Gasteiger partial charge < -0.3 is 5.11 Å². The summed E-state index contributed by atoms with van der Waals surface area (Å²) in [6.45, 7) is -2.63. The third kappa shape index (κ3) is 5.41. The van der Waals surface area contributed by atoms with Gasteiger partial charge >= 0.3 is 82.5 Å². The second-order valence-corrected chi connectivity index (χ2v) is 10.4. The van der Waals surface area contributed by atoms with Crippen LogP contribution in [0.25, 0.3) is 0 Å². The Morgan fingerprint density at radius 2 is 0.583 bits per heavy atom. The summed E-state index contributed by atoms with van der Waals surface area (Å²) < 4.78 is 383. The second-order valence-electron chi connectivity index (χ2n) is 8.55. The van der Waals surface area contributed by atoms with E-state index < -0.39 is 99.1 Å². The molecule has 0 aliphatic rings. The molecule has 0 aliphatic carbocycles. The van der Waals surface area contributed by atoms with E-state index in [1.54, 1.807) is 0 Å². The average molecular weight is 807 g/mol. The third-order valence-corrected chi connectivity index (χ3v) is 6.87. The van der Waals surface area contributed by atoms with Gasteiger partial charge in [-0.25, -0.2) is 8.42 Å². The molecule has 0 spiro atoms. The number of carboxylic acids is 1. The summed E-state index contributed by atoms with van der Waals surface area (Å²) in [4.78, 5) is 10.1. The maximum absolute atomic E-state index is 13.8. The summed E-state index contributed by atoms with van der Waals surface area (Å²) in [6, 6.07) is 0. The summed E-state index contributed by atoms with van der Waals surface area (Å²) in [5.41, 5.74) is 0. The minimum atomic E-state index is -9.95. The number of carbonyl (C=O) groups is 1. The van der Waals surface area contributed by atoms with Gasteiger partial charge in [-0.1, -0.05) is 0 Å². The van der Waals surface area contributed by atoms with E-state index in [0.717, 1.165) is 0 Å². The van der Waals surface area contributed by atoms with E-state index in [4.69, 9.17) is 5.11 Å². The Morgan fingerprint density at radius 3 is 0.771 bits per heavy atom. The molecule has 0 saturated carbocycles. The van der Waals surface area contributed by atoms with Crippen LogP contribution < -0.4 is 4.72 Å². The smallest absolute Gasteiger partial charge is 0.460 e. The molecule has 0 aromatic rings. The maximum atomic E-state index is 13.8. The number of carboxylic acid groups (broad SMARTS) is 1. The first-order valence-corrected chi connectivity index (χ1v) is 11.5. The molecule has 2 N–H and O–H groups in total. The first-order chi connectivity index (χ1) is 20.2. The van der Waals surface area contributed by atoms with E-state index in [0.29, 0.717) is 0 Å². The fourth-order valence-electron chi connectivity index (χ4n) is 2.55. The highest BCUT2D eigenvalue weighted by atomic mass is 32.2. The molecule has 0 amide bonds. The van der Waals surface area contributed by atoms with E-state index in [2.05, 4.69) is 0 Å². The Hall–Kier alpha value is -2.51. The topological polar surface area (TPSA) is 83.5 Å². The molecule has 0 fully saturated rings. The molecule has 0 atom stereocenters. The van der Waals surface area contributed by atoms with Crippen LogP contribution in [0.15, 0.2) is 0 Å². The van der Waals surface area contributed by atoms with Crippen molar-refractivity contribution in [1.82, 2.24) is 4.72 Å². The summed E-state index contributed by atoms with van der Waals surface area (Å²) in [5.74, 6) is -108. The monoisotopic (exact) mass is 807 g/mol. The van der Waals surface area contributed by atoms with Gasteiger partial charge in [0.1, 0.15) is 6.54 Å². The van der Waals surface area contributed by atoms with Crippen LogP contribution in [0.2, 0.25) is 0 Å². The van der Waals surface area contributed by atoms with Crippen molar-refractivity contribution in [2.75, 3.05) is 6.54 Å². The van der Waals surface area contributed by atoms with Gasteiger partial charge in [0.15, 0.2) is 0 Å². The first kappa shape index (κ1) is 45.5. The van der Waals surface area contributed by atoms with Crippen molar-refractivity contribution in [2.24, 2.45) is 0 Å². The quantitative estimate of drug-likeness (QED) is 0.173. The van der Waals surface area contributed by atoms with Crippen LogP contribution in [0.1, 0.15) is 0 Å². The van der Waals surface area contributed by atoms with Crippen LogP contribution in [0.3, 0.4) is 0 Å². The van der Waals surface area contributed by atoms with Crippen molar-refractivity contribution in [3.63, 3.8) is 0 Å². The predicted octanol–water partition coefficient (Wildman–Crippen LogP) is 7.13. The van der Waals surface area contributed by atoms with Gasteiger partial charge in [0.2, 0.25) is 0 Å². The van der Waals surface area contributed by atoms with E-state index >= 15 is 0 Å². The SMILES string of the molecule is O=C(O)CNS(=O)(=O)C(F)(F)C(F)(F)C(F)(F)C(F)(F)C(F)(F)C(F)(F)C(F)(F)C(F)(F)C(F)(F)C(F)(F)C(F)(F)C(F)(F)C(F)(F)F. The Balaban J connectivity index is 7.53. The van der Waals surface area contributed by atoms with Gasteiger partial charge in [0.25, 0.3) is 10.0 Å². The Labute approximate surface area is 242 Å². The molecule has 48 heavy (non-hydrogen) atoms. The predicted molar refractivity (Wildman–Crippen MR) is 90.0 cm³/mol. The average Bonchev–Trinajstić information content (AvgIpc) is 2.85. The van der Waals surface area contributed by atoms with E-state index in [1.807, 2.05) is 0 Å². The van der Waals surface area contributed by atoms with Gasteiger partial charge in [0.05, 0.1) is 0 Å². The summed E-state index contributed by atoms with van der Waals surface area (Å²) in [6.07, 6.45) is -8.30. The summed E-state index contributed by atoms with van der Waals surface area (Å²) in [5, 5.41) is -0.189. The number of hydrogen-bond donors (Lipinski definition) is 2. The lowest BCUT2D eigenvalue weighted by Gasteiger charge is -2.46. The molecule has 0 unspecified atom stereocenters. The summed E-state index contributed by atoms with van der Waals surface area (Å²) in [7, 11) is -7.98. The molecular weight excluding hydrogens is 803 g/mol. The zero-order valence-electron chi connectivity index (χ0n) is 20.5. The zero-order valence-corrected chi connectivity index (χ0v) is 21.3. The molecule has 0 aromatic heterocycles. The van der Waals surface area contributed by atoms with Gasteiger partial charge in [0, 0.05) is 0 Å². The molecule has 0 aromatic carbocycles. The molecule has 0 heterocycles. The number of sulfonamides is 1. The van der Waals surface area contributed by atoms with E-state index in [9.17, 15) is 132 Å². The highest BCUT2D eigenvalue weighted by Crippen LogP contribution is 2.68. The lowest BCUT2D eigenvalue weighted by Crippen LogP contribution is -2.79. The van der Waals surface area contributed by atoms with Gasteiger partial charge in [-0.05, 0) is 0 Å². The van der Waals surface area contributed by atoms with E-state index in [1.165, 1.54) is 0 Å². The van der Waals surface area contributed by atoms with Crippen molar-refractivity contribution in [3.8, 4) is 0 Å². The van der Waals surface area contributed by atoms with E-state index in [-0.39, 0.29) is 4.72 Å². The largest absolute Gasteiger partial charge is 0.480 e. The molecule has 5 nitrogen and oxygen atoms in total. The molecule has 0 saturated heterocycles. The molecule has 33 heteroatoms. The van der Waals surface area contributed by atoms with Crippen LogP contribution in [0.4, 0.5) is 119 Å². The van der Waals surface area contributed by atoms with Crippen LogP contribution in [-0.2, 0) is 14.8 Å². The lowest BCUT2D eigenvalue weighted by atomic mass is 9.84. The van der Waals surface area contributed by atoms with Crippen molar-refractivity contribution in [1.29, 1.82) is 0 Å². The zero-order chi connectivity index (χ0) is 40.0. The molecule has 0 rings (SSSR count). The minimum Gasteiger partial charge on any atom is -0.480 e. The van der Waals surface area contributed by atoms with Crippen molar-refractivity contribution in [2.45, 2.75) is 76.6 Å². The number of halogens is 27. The van der Waals surface area contributed by atoms with Crippen molar-refractivity contribution < 1.29 is 137 Å². The van der Waals surface area contributed by atoms with Crippen LogP contribution in [-0.4, -0.2) is 103 Å². The van der Waals surface area contributed by atoms with Crippen molar-refractivity contribution in [3.05, 3.63) is 0 Å². The number of aliphatic carboxylic acids is 1. The lowest BCUT2D eigenvalue weighted by molar-refractivity contribution is -0.483. The minimum absolute atomic E-state index is 0.326. The molecule has 0 radical (unpaired) electrons. The Kier molecular flexibility index (Phi) is 10.7. The normalized spacial score (nSPS) is 16.7. The number of alkyl halides is 27. The van der Waals surface area contributed by atoms with Crippen LogP contribution in [0.5, 0.6) is 0 Å². The van der Waals surface area contributed by atoms with Crippen LogP contribution in [0, 0.1) is 0 Å².